The first-order chi connectivity index (χ1) is 16.1. The van der Waals surface area contributed by atoms with Gasteiger partial charge in [0.25, 0.3) is 10.0 Å². The molecule has 0 saturated carbocycles. The molecule has 0 aliphatic heterocycles. The molecular weight excluding hydrogens is 473 g/mol. The molecule has 34 heavy (non-hydrogen) atoms. The van der Waals surface area contributed by atoms with Crippen LogP contribution in [0.3, 0.4) is 0 Å². The molecule has 11 heteroatoms. The number of nitrogens with zero attached hydrogens (tertiary/aromatic N) is 1. The van der Waals surface area contributed by atoms with Crippen LogP contribution in [0.15, 0.2) is 83.8 Å². The van der Waals surface area contributed by atoms with Crippen LogP contribution < -0.4 is 19.1 Å². The Morgan fingerprint density at radius 2 is 1.50 bits per heavy atom. The maximum atomic E-state index is 13.3. The minimum Gasteiger partial charge on any atom is -0.494 e. The standard InChI is InChI=1S/C23H21F3N2O5S/c1-2-32-19-12-14-21(15-13-19)34(30,31)28(18-6-4-3-5-7-18)16-22(29)27-17-8-10-20(11-9-17)33-23(24,25)26/h3-15H,2,16H2,1H3,(H,27,29). The van der Waals surface area contributed by atoms with E-state index in [4.69, 9.17) is 4.74 Å². The summed E-state index contributed by atoms with van der Waals surface area (Å²) < 4.78 is 73.7. The van der Waals surface area contributed by atoms with E-state index in [0.29, 0.717) is 12.4 Å². The zero-order chi connectivity index (χ0) is 24.8. The van der Waals surface area contributed by atoms with Crippen molar-refractivity contribution in [1.29, 1.82) is 0 Å². The molecule has 0 aromatic heterocycles. The number of anilines is 2. The fraction of sp³-hybridized carbons (Fsp3) is 0.174. The number of benzene rings is 3. The number of halogens is 3. The van der Waals surface area contributed by atoms with E-state index in [-0.39, 0.29) is 16.3 Å². The number of rotatable bonds is 9. The van der Waals surface area contributed by atoms with Crippen molar-refractivity contribution in [1.82, 2.24) is 0 Å². The number of sulfonamides is 1. The van der Waals surface area contributed by atoms with Crippen LogP contribution in [0.2, 0.25) is 0 Å². The number of ether oxygens (including phenoxy) is 2. The van der Waals surface area contributed by atoms with Gasteiger partial charge in [-0.25, -0.2) is 8.42 Å². The Bertz CT molecular complexity index is 1200. The van der Waals surface area contributed by atoms with Gasteiger partial charge in [-0.1, -0.05) is 18.2 Å². The van der Waals surface area contributed by atoms with Gasteiger partial charge in [0, 0.05) is 5.69 Å². The second kappa shape index (κ2) is 10.5. The van der Waals surface area contributed by atoms with E-state index >= 15 is 0 Å². The predicted octanol–water partition coefficient (Wildman–Crippen LogP) is 4.82. The quantitative estimate of drug-likeness (QED) is 0.461. The number of carbonyl (C=O) groups is 1. The highest BCUT2D eigenvalue weighted by Gasteiger charge is 2.31. The summed E-state index contributed by atoms with van der Waals surface area (Å²) in [5.74, 6) is -0.638. The summed E-state index contributed by atoms with van der Waals surface area (Å²) in [4.78, 5) is 12.6. The number of hydrogen-bond donors (Lipinski definition) is 1. The lowest BCUT2D eigenvalue weighted by Crippen LogP contribution is -2.38. The van der Waals surface area contributed by atoms with Crippen molar-refractivity contribution in [2.45, 2.75) is 18.2 Å². The molecule has 180 valence electrons. The van der Waals surface area contributed by atoms with Crippen molar-refractivity contribution in [3.63, 3.8) is 0 Å². The van der Waals surface area contributed by atoms with E-state index in [1.807, 2.05) is 0 Å². The van der Waals surface area contributed by atoms with Gasteiger partial charge in [0.1, 0.15) is 18.0 Å². The van der Waals surface area contributed by atoms with Gasteiger partial charge < -0.3 is 14.8 Å². The molecule has 0 heterocycles. The summed E-state index contributed by atoms with van der Waals surface area (Å²) in [6.45, 7) is 1.66. The fourth-order valence-electron chi connectivity index (χ4n) is 2.98. The SMILES string of the molecule is CCOc1ccc(S(=O)(=O)N(CC(=O)Nc2ccc(OC(F)(F)F)cc2)c2ccccc2)cc1. The fourth-order valence-corrected chi connectivity index (χ4v) is 4.40. The van der Waals surface area contributed by atoms with E-state index in [1.54, 1.807) is 37.3 Å². The van der Waals surface area contributed by atoms with Gasteiger partial charge in [0.05, 0.1) is 17.2 Å². The van der Waals surface area contributed by atoms with Crippen LogP contribution in [0.25, 0.3) is 0 Å². The summed E-state index contributed by atoms with van der Waals surface area (Å²) in [6.07, 6.45) is -4.84. The van der Waals surface area contributed by atoms with Crippen molar-refractivity contribution in [3.8, 4) is 11.5 Å². The number of amides is 1. The third-order valence-corrected chi connectivity index (χ3v) is 6.21. The zero-order valence-corrected chi connectivity index (χ0v) is 18.8. The van der Waals surface area contributed by atoms with Crippen LogP contribution in [-0.2, 0) is 14.8 Å². The molecule has 0 aliphatic carbocycles. The van der Waals surface area contributed by atoms with Crippen molar-refractivity contribution < 1.29 is 35.9 Å². The highest BCUT2D eigenvalue weighted by atomic mass is 32.2. The van der Waals surface area contributed by atoms with Crippen LogP contribution in [0.5, 0.6) is 11.5 Å². The summed E-state index contributed by atoms with van der Waals surface area (Å²) in [7, 11) is -4.13. The zero-order valence-electron chi connectivity index (χ0n) is 18.0. The maximum Gasteiger partial charge on any atom is 0.573 e. The van der Waals surface area contributed by atoms with Crippen molar-refractivity contribution in [3.05, 3.63) is 78.9 Å². The number of alkyl halides is 3. The minimum absolute atomic E-state index is 0.0405. The first-order valence-electron chi connectivity index (χ1n) is 10.0. The summed E-state index contributed by atoms with van der Waals surface area (Å²) in [5, 5.41) is 2.48. The average Bonchev–Trinajstić information content (AvgIpc) is 2.79. The van der Waals surface area contributed by atoms with Gasteiger partial charge in [-0.05, 0) is 67.6 Å². The Balaban J connectivity index is 1.81. The molecule has 0 bridgehead atoms. The molecule has 0 aliphatic rings. The summed E-state index contributed by atoms with van der Waals surface area (Å²) >= 11 is 0. The second-order valence-electron chi connectivity index (χ2n) is 6.87. The normalized spacial score (nSPS) is 11.5. The third kappa shape index (κ3) is 6.64. The molecule has 3 rings (SSSR count). The molecule has 0 atom stereocenters. The molecule has 3 aromatic rings. The highest BCUT2D eigenvalue weighted by Crippen LogP contribution is 2.26. The molecular formula is C23H21F3N2O5S. The van der Waals surface area contributed by atoms with Crippen LogP contribution in [-0.4, -0.2) is 33.8 Å². The Morgan fingerprint density at radius 3 is 2.06 bits per heavy atom. The van der Waals surface area contributed by atoms with Crippen LogP contribution in [0.4, 0.5) is 24.5 Å². The molecule has 1 amide bonds. The number of para-hydroxylation sites is 1. The van der Waals surface area contributed by atoms with Gasteiger partial charge in [-0.2, -0.15) is 0 Å². The Hall–Kier alpha value is -3.73. The average molecular weight is 494 g/mol. The van der Waals surface area contributed by atoms with Gasteiger partial charge >= 0.3 is 6.36 Å². The molecule has 0 saturated heterocycles. The van der Waals surface area contributed by atoms with Crippen molar-refractivity contribution in [2.75, 3.05) is 22.8 Å². The van der Waals surface area contributed by atoms with E-state index in [1.165, 1.54) is 36.4 Å². The lowest BCUT2D eigenvalue weighted by molar-refractivity contribution is -0.274. The van der Waals surface area contributed by atoms with Gasteiger partial charge in [-0.15, -0.1) is 13.2 Å². The maximum absolute atomic E-state index is 13.3. The summed E-state index contributed by atoms with van der Waals surface area (Å²) in [6, 6.07) is 18.4. The van der Waals surface area contributed by atoms with Gasteiger partial charge in [0.15, 0.2) is 0 Å². The topological polar surface area (TPSA) is 84.9 Å². The van der Waals surface area contributed by atoms with E-state index in [2.05, 4.69) is 10.1 Å². The van der Waals surface area contributed by atoms with Crippen molar-refractivity contribution in [2.24, 2.45) is 0 Å². The minimum atomic E-state index is -4.84. The van der Waals surface area contributed by atoms with Gasteiger partial charge in [-0.3, -0.25) is 9.10 Å². The van der Waals surface area contributed by atoms with E-state index in [0.717, 1.165) is 16.4 Å². The lowest BCUT2D eigenvalue weighted by atomic mass is 10.3. The molecule has 0 radical (unpaired) electrons. The Kier molecular flexibility index (Phi) is 7.67. The smallest absolute Gasteiger partial charge is 0.494 e. The molecule has 3 aromatic carbocycles. The second-order valence-corrected chi connectivity index (χ2v) is 8.73. The number of carbonyl (C=O) groups excluding carboxylic acids is 1. The molecule has 0 fully saturated rings. The lowest BCUT2D eigenvalue weighted by Gasteiger charge is -2.24. The molecule has 0 spiro atoms. The summed E-state index contributed by atoms with van der Waals surface area (Å²) in [5.41, 5.74) is 0.437. The molecule has 0 unspecified atom stereocenters. The Labute approximate surface area is 194 Å². The van der Waals surface area contributed by atoms with Crippen LogP contribution in [0.1, 0.15) is 6.92 Å². The van der Waals surface area contributed by atoms with Crippen LogP contribution in [0, 0.1) is 0 Å². The van der Waals surface area contributed by atoms with Gasteiger partial charge in [0.2, 0.25) is 5.91 Å². The monoisotopic (exact) mass is 494 g/mol. The molecule has 7 nitrogen and oxygen atoms in total. The van der Waals surface area contributed by atoms with Crippen LogP contribution >= 0.6 is 0 Å². The Morgan fingerprint density at radius 1 is 0.912 bits per heavy atom. The number of hydrogen-bond acceptors (Lipinski definition) is 5. The largest absolute Gasteiger partial charge is 0.573 e. The highest BCUT2D eigenvalue weighted by molar-refractivity contribution is 7.92. The first kappa shape index (κ1) is 24.9. The number of nitrogens with one attached hydrogen (secondary N) is 1. The first-order valence-corrected chi connectivity index (χ1v) is 11.5. The van der Waals surface area contributed by atoms with Crippen molar-refractivity contribution >= 4 is 27.3 Å². The third-order valence-electron chi connectivity index (χ3n) is 4.43. The predicted molar refractivity (Wildman–Crippen MR) is 120 cm³/mol. The van der Waals surface area contributed by atoms with E-state index < -0.39 is 34.6 Å². The van der Waals surface area contributed by atoms with E-state index in [9.17, 15) is 26.4 Å². The molecule has 1 N–H and O–H groups in total.